The molecule has 0 unspecified atom stereocenters. The van der Waals surface area contributed by atoms with Crippen molar-refractivity contribution in [3.63, 3.8) is 0 Å². The van der Waals surface area contributed by atoms with E-state index in [1.807, 2.05) is 0 Å². The molecule has 2 fully saturated rings. The molecule has 2 nitrogen and oxygen atoms in total. The molecule has 2 saturated heterocycles. The van der Waals surface area contributed by atoms with Gasteiger partial charge < -0.3 is 0 Å². The van der Waals surface area contributed by atoms with Crippen LogP contribution in [0.25, 0.3) is 0 Å². The zero-order chi connectivity index (χ0) is 13.8. The molecular weight excluding hydrogens is 232 g/mol. The molecule has 19 heavy (non-hydrogen) atoms. The van der Waals surface area contributed by atoms with Crippen LogP contribution >= 0.6 is 0 Å². The smallest absolute Gasteiger partial charge is 0.0516 e. The molecule has 0 N–H and O–H groups in total. The fourth-order valence-electron chi connectivity index (χ4n) is 4.43. The molecule has 2 aliphatic heterocycles. The highest BCUT2D eigenvalue weighted by molar-refractivity contribution is 4.91. The maximum atomic E-state index is 2.84. The van der Waals surface area contributed by atoms with Crippen LogP contribution in [0.15, 0.2) is 0 Å². The maximum absolute atomic E-state index is 2.84. The normalized spacial score (nSPS) is 37.3. The number of hydrogen-bond donors (Lipinski definition) is 0. The van der Waals surface area contributed by atoms with Gasteiger partial charge >= 0.3 is 0 Å². The molecule has 0 aromatic heterocycles. The van der Waals surface area contributed by atoms with Crippen molar-refractivity contribution in [2.24, 2.45) is 0 Å². The molecule has 2 heterocycles. The van der Waals surface area contributed by atoms with Gasteiger partial charge in [-0.25, -0.2) is 0 Å². The first-order valence-electron chi connectivity index (χ1n) is 8.76. The summed E-state index contributed by atoms with van der Waals surface area (Å²) in [4.78, 5) is 5.69. The zero-order valence-corrected chi connectivity index (χ0v) is 13.6. The molecule has 2 rings (SSSR count). The van der Waals surface area contributed by atoms with Gasteiger partial charge in [-0.1, -0.05) is 27.7 Å². The van der Waals surface area contributed by atoms with Crippen molar-refractivity contribution in [2.45, 2.75) is 103 Å². The van der Waals surface area contributed by atoms with Gasteiger partial charge in [0.1, 0.15) is 0 Å². The second-order valence-electron chi connectivity index (χ2n) is 6.57. The van der Waals surface area contributed by atoms with E-state index in [-0.39, 0.29) is 0 Å². The van der Waals surface area contributed by atoms with E-state index in [9.17, 15) is 0 Å². The Morgan fingerprint density at radius 2 is 0.842 bits per heavy atom. The Balaban J connectivity index is 2.03. The molecule has 2 heteroatoms. The average molecular weight is 266 g/mol. The third-order valence-corrected chi connectivity index (χ3v) is 5.75. The second-order valence-corrected chi connectivity index (χ2v) is 6.57. The van der Waals surface area contributed by atoms with Crippen molar-refractivity contribution in [1.29, 1.82) is 0 Å². The summed E-state index contributed by atoms with van der Waals surface area (Å²) in [6, 6.07) is 3.39. The van der Waals surface area contributed by atoms with Gasteiger partial charge in [0.05, 0.1) is 6.67 Å². The number of likely N-dealkylation sites (tertiary alicyclic amines) is 2. The maximum Gasteiger partial charge on any atom is 0.0516 e. The molecular formula is C17H34N2. The van der Waals surface area contributed by atoms with Crippen LogP contribution in [0.2, 0.25) is 0 Å². The molecule has 0 amide bonds. The Bertz CT molecular complexity index is 216. The lowest BCUT2D eigenvalue weighted by Crippen LogP contribution is -2.48. The van der Waals surface area contributed by atoms with Crippen molar-refractivity contribution in [2.75, 3.05) is 6.67 Å². The summed E-state index contributed by atoms with van der Waals surface area (Å²) in [6.45, 7) is 10.7. The van der Waals surface area contributed by atoms with Gasteiger partial charge in [0.25, 0.3) is 0 Å². The van der Waals surface area contributed by atoms with Gasteiger partial charge in [0, 0.05) is 24.2 Å². The molecule has 0 aromatic carbocycles. The Kier molecular flexibility index (Phi) is 5.70. The van der Waals surface area contributed by atoms with E-state index < -0.39 is 0 Å². The minimum atomic E-state index is 0.848. The first-order valence-corrected chi connectivity index (χ1v) is 8.76. The van der Waals surface area contributed by atoms with E-state index >= 15 is 0 Å². The van der Waals surface area contributed by atoms with Crippen LogP contribution < -0.4 is 0 Å². The monoisotopic (exact) mass is 266 g/mol. The summed E-state index contributed by atoms with van der Waals surface area (Å²) in [6.07, 6.45) is 11.0. The van der Waals surface area contributed by atoms with E-state index in [1.54, 1.807) is 0 Å². The quantitative estimate of drug-likeness (QED) is 0.709. The van der Waals surface area contributed by atoms with Crippen molar-refractivity contribution >= 4 is 0 Å². The highest BCUT2D eigenvalue weighted by Crippen LogP contribution is 2.33. The average Bonchev–Trinajstić information content (AvgIpc) is 3.02. The highest BCUT2D eigenvalue weighted by atomic mass is 15.4. The minimum Gasteiger partial charge on any atom is -0.285 e. The Labute approximate surface area is 120 Å². The second kappa shape index (κ2) is 7.08. The van der Waals surface area contributed by atoms with E-state index in [0.717, 1.165) is 24.2 Å². The van der Waals surface area contributed by atoms with Crippen LogP contribution in [-0.2, 0) is 0 Å². The predicted octanol–water partition coefficient (Wildman–Crippen LogP) is 4.25. The van der Waals surface area contributed by atoms with Crippen molar-refractivity contribution in [3.05, 3.63) is 0 Å². The van der Waals surface area contributed by atoms with Crippen LogP contribution in [0.3, 0.4) is 0 Å². The molecule has 0 saturated carbocycles. The standard InChI is InChI=1S/C17H34N2/c1-5-14-9-10-15(6-2)18(14)13-19-16(7-3)11-12-17(19)8-4/h14-17H,5-13H2,1-4H3/t14-,15-,16-,17-/m1/s1. The third kappa shape index (κ3) is 3.16. The summed E-state index contributed by atoms with van der Waals surface area (Å²) >= 11 is 0. The fourth-order valence-corrected chi connectivity index (χ4v) is 4.43. The predicted molar refractivity (Wildman–Crippen MR) is 83.3 cm³/mol. The summed E-state index contributed by atoms with van der Waals surface area (Å²) in [5, 5.41) is 0. The molecule has 0 radical (unpaired) electrons. The van der Waals surface area contributed by atoms with Crippen LogP contribution in [-0.4, -0.2) is 40.6 Å². The summed E-state index contributed by atoms with van der Waals surface area (Å²) < 4.78 is 0. The van der Waals surface area contributed by atoms with Gasteiger partial charge in [-0.05, 0) is 51.4 Å². The van der Waals surface area contributed by atoms with Crippen LogP contribution in [0.4, 0.5) is 0 Å². The van der Waals surface area contributed by atoms with Crippen LogP contribution in [0.5, 0.6) is 0 Å². The summed E-state index contributed by atoms with van der Waals surface area (Å²) in [5.74, 6) is 0. The number of rotatable bonds is 6. The highest BCUT2D eigenvalue weighted by Gasteiger charge is 2.37. The first kappa shape index (κ1) is 15.3. The minimum absolute atomic E-state index is 0.848. The van der Waals surface area contributed by atoms with Gasteiger partial charge in [-0.15, -0.1) is 0 Å². The molecule has 0 aromatic rings. The van der Waals surface area contributed by atoms with E-state index in [4.69, 9.17) is 0 Å². The zero-order valence-electron chi connectivity index (χ0n) is 13.6. The topological polar surface area (TPSA) is 6.48 Å². The molecule has 2 aliphatic rings. The molecule has 4 atom stereocenters. The van der Waals surface area contributed by atoms with E-state index in [1.165, 1.54) is 58.0 Å². The van der Waals surface area contributed by atoms with Gasteiger partial charge in [0.2, 0.25) is 0 Å². The summed E-state index contributed by atoms with van der Waals surface area (Å²) in [5.41, 5.74) is 0. The third-order valence-electron chi connectivity index (χ3n) is 5.75. The van der Waals surface area contributed by atoms with Crippen LogP contribution in [0, 0.1) is 0 Å². The van der Waals surface area contributed by atoms with Gasteiger partial charge in [-0.3, -0.25) is 9.80 Å². The first-order chi connectivity index (χ1) is 9.24. The van der Waals surface area contributed by atoms with Crippen molar-refractivity contribution < 1.29 is 0 Å². The fraction of sp³-hybridized carbons (Fsp3) is 1.00. The lowest BCUT2D eigenvalue weighted by atomic mass is 10.1. The molecule has 112 valence electrons. The molecule has 0 aliphatic carbocycles. The van der Waals surface area contributed by atoms with Crippen molar-refractivity contribution in [3.8, 4) is 0 Å². The number of hydrogen-bond acceptors (Lipinski definition) is 2. The van der Waals surface area contributed by atoms with Crippen molar-refractivity contribution in [1.82, 2.24) is 9.80 Å². The van der Waals surface area contributed by atoms with Gasteiger partial charge in [-0.2, -0.15) is 0 Å². The Hall–Kier alpha value is -0.0800. The van der Waals surface area contributed by atoms with E-state index in [0.29, 0.717) is 0 Å². The Morgan fingerprint density at radius 1 is 0.579 bits per heavy atom. The largest absolute Gasteiger partial charge is 0.285 e. The molecule has 0 bridgehead atoms. The van der Waals surface area contributed by atoms with Gasteiger partial charge in [0.15, 0.2) is 0 Å². The molecule has 0 spiro atoms. The lowest BCUT2D eigenvalue weighted by molar-refractivity contribution is 0.0502. The lowest BCUT2D eigenvalue weighted by Gasteiger charge is -2.38. The Morgan fingerprint density at radius 3 is 1.05 bits per heavy atom. The van der Waals surface area contributed by atoms with E-state index in [2.05, 4.69) is 37.5 Å². The van der Waals surface area contributed by atoms with Crippen LogP contribution in [0.1, 0.15) is 79.1 Å². The SMILES string of the molecule is CC[C@@H]1CC[C@@H](CC)N1CN1[C@H](CC)CC[C@H]1CC. The number of nitrogens with zero attached hydrogens (tertiary/aromatic N) is 2. The summed E-state index contributed by atoms with van der Waals surface area (Å²) in [7, 11) is 0.